The summed E-state index contributed by atoms with van der Waals surface area (Å²) in [5.41, 5.74) is -0.0314. The summed E-state index contributed by atoms with van der Waals surface area (Å²) in [6, 6.07) is 0. The monoisotopic (exact) mass is 353 g/mol. The molecule has 1 amide bonds. The Morgan fingerprint density at radius 1 is 1.35 bits per heavy atom. The van der Waals surface area contributed by atoms with Crippen molar-refractivity contribution in [2.24, 2.45) is 0 Å². The molecule has 0 unspecified atom stereocenters. The van der Waals surface area contributed by atoms with Crippen LogP contribution in [0.1, 0.15) is 58.6 Å². The van der Waals surface area contributed by atoms with Crippen molar-refractivity contribution in [1.82, 2.24) is 9.97 Å². The van der Waals surface area contributed by atoms with Crippen molar-refractivity contribution in [2.75, 3.05) is 5.32 Å². The third kappa shape index (κ3) is 5.66. The summed E-state index contributed by atoms with van der Waals surface area (Å²) >= 11 is 3.09. The van der Waals surface area contributed by atoms with Crippen LogP contribution in [0, 0.1) is 0 Å². The highest BCUT2D eigenvalue weighted by Gasteiger charge is 2.19. The van der Waals surface area contributed by atoms with Gasteiger partial charge in [-0.1, -0.05) is 45.5 Å². The number of carbonyl (C=O) groups is 1. The van der Waals surface area contributed by atoms with Crippen LogP contribution in [0.15, 0.2) is 21.0 Å². The minimum Gasteiger partial charge on any atom is -0.444 e. The van der Waals surface area contributed by atoms with Crippen molar-refractivity contribution in [2.45, 2.75) is 62.3 Å². The predicted octanol–water partition coefficient (Wildman–Crippen LogP) is 4.85. The third-order valence-corrected chi connectivity index (χ3v) is 5.21. The zero-order valence-electron chi connectivity index (χ0n) is 14.0. The molecule has 0 aliphatic carbocycles. The van der Waals surface area contributed by atoms with Crippen LogP contribution in [0.2, 0.25) is 0 Å². The van der Waals surface area contributed by atoms with Crippen LogP contribution in [0.25, 0.3) is 0 Å². The lowest BCUT2D eigenvalue weighted by molar-refractivity contribution is -0.116. The van der Waals surface area contributed by atoms with Gasteiger partial charge in [0.2, 0.25) is 11.8 Å². The molecular weight excluding hydrogens is 330 g/mol. The van der Waals surface area contributed by atoms with Crippen LogP contribution >= 0.6 is 23.1 Å². The quantitative estimate of drug-likeness (QED) is 0.721. The van der Waals surface area contributed by atoms with Crippen molar-refractivity contribution in [3.8, 4) is 0 Å². The molecule has 5 nitrogen and oxygen atoms in total. The molecule has 0 aromatic carbocycles. The molecule has 0 aliphatic rings. The summed E-state index contributed by atoms with van der Waals surface area (Å²) < 4.78 is 6.80. The number of unbranched alkanes of at least 4 members (excludes halogenated alkanes) is 1. The molecule has 0 spiro atoms. The molecule has 126 valence electrons. The fourth-order valence-electron chi connectivity index (χ4n) is 1.76. The number of nitrogens with zero attached hydrogens (tertiary/aromatic N) is 2. The summed E-state index contributed by atoms with van der Waals surface area (Å²) in [5, 5.41) is 3.48. The second-order valence-corrected chi connectivity index (χ2v) is 8.60. The van der Waals surface area contributed by atoms with Crippen LogP contribution < -0.4 is 5.32 Å². The highest BCUT2D eigenvalue weighted by atomic mass is 32.2. The molecule has 0 saturated carbocycles. The first-order chi connectivity index (χ1) is 10.9. The van der Waals surface area contributed by atoms with Crippen molar-refractivity contribution < 1.29 is 9.21 Å². The smallest absolute Gasteiger partial charge is 0.226 e. The van der Waals surface area contributed by atoms with E-state index in [1.165, 1.54) is 11.3 Å². The van der Waals surface area contributed by atoms with Gasteiger partial charge in [-0.15, -0.1) is 11.8 Å². The van der Waals surface area contributed by atoms with Crippen molar-refractivity contribution in [3.05, 3.63) is 24.0 Å². The van der Waals surface area contributed by atoms with Gasteiger partial charge in [0.15, 0.2) is 5.13 Å². The molecule has 2 heterocycles. The molecule has 7 heteroatoms. The second kappa shape index (κ2) is 7.97. The fraction of sp³-hybridized carbons (Fsp3) is 0.562. The van der Waals surface area contributed by atoms with Crippen LogP contribution in [-0.4, -0.2) is 15.9 Å². The topological polar surface area (TPSA) is 68.0 Å². The molecule has 0 saturated heterocycles. The molecule has 23 heavy (non-hydrogen) atoms. The summed E-state index contributed by atoms with van der Waals surface area (Å²) in [6.45, 7) is 8.36. The molecule has 2 aromatic heterocycles. The summed E-state index contributed by atoms with van der Waals surface area (Å²) in [7, 11) is 0. The maximum Gasteiger partial charge on any atom is 0.226 e. The Morgan fingerprint density at radius 3 is 2.78 bits per heavy atom. The van der Waals surface area contributed by atoms with E-state index < -0.39 is 0 Å². The largest absolute Gasteiger partial charge is 0.444 e. The van der Waals surface area contributed by atoms with Crippen molar-refractivity contribution in [1.29, 1.82) is 0 Å². The van der Waals surface area contributed by atoms with Gasteiger partial charge < -0.3 is 9.73 Å². The van der Waals surface area contributed by atoms with E-state index in [2.05, 4.69) is 43.0 Å². The normalized spacial score (nSPS) is 11.7. The number of aromatic nitrogens is 2. The highest BCUT2D eigenvalue weighted by Crippen LogP contribution is 2.31. The van der Waals surface area contributed by atoms with E-state index in [0.29, 0.717) is 23.2 Å². The second-order valence-electron chi connectivity index (χ2n) is 6.29. The van der Waals surface area contributed by atoms with Gasteiger partial charge in [0.05, 0.1) is 22.4 Å². The van der Waals surface area contributed by atoms with E-state index in [1.54, 1.807) is 24.2 Å². The zero-order chi connectivity index (χ0) is 16.9. The Hall–Kier alpha value is -1.34. The maximum absolute atomic E-state index is 11.7. The number of amides is 1. The number of carbonyl (C=O) groups excluding carboxylic acids is 1. The number of nitrogens with one attached hydrogen (secondary N) is 1. The van der Waals surface area contributed by atoms with Crippen LogP contribution in [0.4, 0.5) is 5.13 Å². The summed E-state index contributed by atoms with van der Waals surface area (Å²) in [5.74, 6) is 2.28. The van der Waals surface area contributed by atoms with E-state index in [4.69, 9.17) is 4.42 Å². The molecule has 0 fully saturated rings. The minimum absolute atomic E-state index is 0.0280. The van der Waals surface area contributed by atoms with E-state index in [9.17, 15) is 4.79 Å². The summed E-state index contributed by atoms with van der Waals surface area (Å²) in [4.78, 5) is 20.2. The Labute approximate surface area is 145 Å². The third-order valence-electron chi connectivity index (χ3n) is 3.12. The van der Waals surface area contributed by atoms with Gasteiger partial charge in [-0.25, -0.2) is 9.97 Å². The molecule has 2 aromatic rings. The number of oxazole rings is 1. The van der Waals surface area contributed by atoms with Crippen LogP contribution in [0.5, 0.6) is 0 Å². The maximum atomic E-state index is 11.7. The first kappa shape index (κ1) is 18.0. The van der Waals surface area contributed by atoms with Crippen molar-refractivity contribution >= 4 is 34.1 Å². The van der Waals surface area contributed by atoms with E-state index in [1.807, 2.05) is 0 Å². The lowest BCUT2D eigenvalue weighted by Gasteiger charge is -2.12. The van der Waals surface area contributed by atoms with E-state index in [0.717, 1.165) is 22.8 Å². The van der Waals surface area contributed by atoms with Crippen LogP contribution in [0.3, 0.4) is 0 Å². The first-order valence-corrected chi connectivity index (χ1v) is 9.52. The Bertz CT molecular complexity index is 644. The lowest BCUT2D eigenvalue weighted by atomic mass is 9.94. The fourth-order valence-corrected chi connectivity index (χ4v) is 3.50. The number of anilines is 1. The average Bonchev–Trinajstić information content (AvgIpc) is 3.11. The predicted molar refractivity (Wildman–Crippen MR) is 95.0 cm³/mol. The number of rotatable bonds is 7. The standard InChI is InChI=1S/C16H23N3O2S2/c1-5-6-7-12(20)19-15-18-9-14(23-15)22-10-13-17-8-11(21-13)16(2,3)4/h8-9H,5-7,10H2,1-4H3,(H,18,19,20). The minimum atomic E-state index is -0.0314. The Morgan fingerprint density at radius 2 is 2.13 bits per heavy atom. The number of thiazole rings is 1. The van der Waals surface area contributed by atoms with Gasteiger partial charge in [-0.3, -0.25) is 4.79 Å². The molecular formula is C16H23N3O2S2. The SMILES string of the molecule is CCCCC(=O)Nc1ncc(SCc2ncc(C(C)(C)C)o2)s1. The van der Waals surface area contributed by atoms with Crippen LogP contribution in [-0.2, 0) is 16.0 Å². The molecule has 0 aliphatic heterocycles. The average molecular weight is 354 g/mol. The molecule has 0 atom stereocenters. The zero-order valence-corrected chi connectivity index (χ0v) is 15.6. The Kier molecular flexibility index (Phi) is 6.24. The number of thioether (sulfide) groups is 1. The highest BCUT2D eigenvalue weighted by molar-refractivity contribution is 8.00. The first-order valence-electron chi connectivity index (χ1n) is 7.72. The van der Waals surface area contributed by atoms with Gasteiger partial charge in [-0.05, 0) is 6.42 Å². The summed E-state index contributed by atoms with van der Waals surface area (Å²) in [6.07, 6.45) is 6.03. The Balaban J connectivity index is 1.85. The van der Waals surface area contributed by atoms with Gasteiger partial charge in [0.25, 0.3) is 0 Å². The molecule has 0 bridgehead atoms. The molecule has 2 rings (SSSR count). The number of hydrogen-bond acceptors (Lipinski definition) is 6. The lowest BCUT2D eigenvalue weighted by Crippen LogP contribution is -2.10. The van der Waals surface area contributed by atoms with E-state index >= 15 is 0 Å². The number of hydrogen-bond donors (Lipinski definition) is 1. The van der Waals surface area contributed by atoms with Crippen molar-refractivity contribution in [3.63, 3.8) is 0 Å². The molecule has 1 N–H and O–H groups in total. The van der Waals surface area contributed by atoms with Gasteiger partial charge in [0, 0.05) is 11.8 Å². The van der Waals surface area contributed by atoms with Gasteiger partial charge in [0.1, 0.15) is 5.76 Å². The molecule has 0 radical (unpaired) electrons. The van der Waals surface area contributed by atoms with Gasteiger partial charge >= 0.3 is 0 Å². The van der Waals surface area contributed by atoms with Gasteiger partial charge in [-0.2, -0.15) is 0 Å². The van der Waals surface area contributed by atoms with E-state index in [-0.39, 0.29) is 11.3 Å².